The number of hydrogen-bond donors (Lipinski definition) is 0. The lowest BCUT2D eigenvalue weighted by molar-refractivity contribution is 0.597. The average Bonchev–Trinajstić information content (AvgIpc) is 2.72. The smallest absolute Gasteiger partial charge is 0.170 e. The van der Waals surface area contributed by atoms with Crippen LogP contribution in [0.4, 0.5) is 0 Å². The van der Waals surface area contributed by atoms with Crippen molar-refractivity contribution in [1.29, 1.82) is 0 Å². The Morgan fingerprint density at radius 1 is 1.47 bits per heavy atom. The van der Waals surface area contributed by atoms with Crippen LogP contribution < -0.4 is 0 Å². The van der Waals surface area contributed by atoms with Crippen molar-refractivity contribution in [2.75, 3.05) is 11.1 Å². The van der Waals surface area contributed by atoms with E-state index in [0.717, 1.165) is 33.6 Å². The van der Waals surface area contributed by atoms with E-state index in [1.807, 2.05) is 11.8 Å². The number of nitrogens with zero attached hydrogens (tertiary/aromatic N) is 2. The topological polar surface area (TPSA) is 25.8 Å². The van der Waals surface area contributed by atoms with Crippen LogP contribution in [0.15, 0.2) is 4.34 Å². The lowest BCUT2D eigenvalue weighted by Crippen LogP contribution is -2.04. The number of alkyl halides is 1. The molecule has 1 unspecified atom stereocenters. The van der Waals surface area contributed by atoms with E-state index in [-0.39, 0.29) is 0 Å². The number of halogens is 1. The Hall–Kier alpha value is 0.390. The van der Waals surface area contributed by atoms with Crippen molar-refractivity contribution in [2.24, 2.45) is 5.92 Å². The minimum atomic E-state index is 0.758. The molecule has 2 nitrogen and oxygen atoms in total. The average molecular weight is 309 g/mol. The van der Waals surface area contributed by atoms with Crippen molar-refractivity contribution in [3.63, 3.8) is 0 Å². The van der Waals surface area contributed by atoms with Crippen molar-refractivity contribution in [1.82, 2.24) is 9.36 Å². The summed E-state index contributed by atoms with van der Waals surface area (Å²) < 4.78 is 5.40. The molecule has 0 radical (unpaired) electrons. The van der Waals surface area contributed by atoms with Gasteiger partial charge in [0.15, 0.2) is 4.34 Å². The molecule has 1 atom stereocenters. The van der Waals surface area contributed by atoms with Gasteiger partial charge in [-0.2, -0.15) is 4.37 Å². The van der Waals surface area contributed by atoms with Gasteiger partial charge < -0.3 is 0 Å². The van der Waals surface area contributed by atoms with E-state index >= 15 is 0 Å². The third-order valence-corrected chi connectivity index (χ3v) is 5.14. The van der Waals surface area contributed by atoms with Crippen LogP contribution in [0.25, 0.3) is 0 Å². The summed E-state index contributed by atoms with van der Waals surface area (Å²) in [7, 11) is 0. The SMILES string of the molecule is CCCC(CBr)CSc1nc(CC)ns1. The Morgan fingerprint density at radius 2 is 2.27 bits per heavy atom. The molecule has 0 aliphatic carbocycles. The summed E-state index contributed by atoms with van der Waals surface area (Å²) in [4.78, 5) is 4.45. The fourth-order valence-corrected chi connectivity index (χ4v) is 3.96. The van der Waals surface area contributed by atoms with Crippen molar-refractivity contribution in [3.05, 3.63) is 5.82 Å². The maximum absolute atomic E-state index is 4.45. The van der Waals surface area contributed by atoms with Gasteiger partial charge in [0, 0.05) is 17.5 Å². The van der Waals surface area contributed by atoms with Crippen LogP contribution in [0.3, 0.4) is 0 Å². The summed E-state index contributed by atoms with van der Waals surface area (Å²) in [5, 5.41) is 1.09. The highest BCUT2D eigenvalue weighted by atomic mass is 79.9. The normalized spacial score (nSPS) is 13.0. The fraction of sp³-hybridized carbons (Fsp3) is 0.800. The summed E-state index contributed by atoms with van der Waals surface area (Å²) in [5.41, 5.74) is 0. The highest BCUT2D eigenvalue weighted by Gasteiger charge is 2.09. The van der Waals surface area contributed by atoms with Gasteiger partial charge in [-0.3, -0.25) is 0 Å². The third kappa shape index (κ3) is 4.83. The standard InChI is InChI=1S/C10H17BrN2S2/c1-3-5-8(6-11)7-14-10-12-9(4-2)13-15-10/h8H,3-7H2,1-2H3. The molecule has 1 heterocycles. The number of aromatic nitrogens is 2. The Labute approximate surface area is 109 Å². The molecule has 1 rings (SSSR count). The maximum Gasteiger partial charge on any atom is 0.170 e. The maximum atomic E-state index is 4.45. The van der Waals surface area contributed by atoms with Crippen LogP contribution in [-0.2, 0) is 6.42 Å². The molecule has 0 N–H and O–H groups in total. The number of thioether (sulfide) groups is 1. The number of aryl methyl sites for hydroxylation is 1. The molecule has 5 heteroatoms. The van der Waals surface area contributed by atoms with E-state index < -0.39 is 0 Å². The zero-order valence-corrected chi connectivity index (χ0v) is 12.4. The predicted octanol–water partition coefficient (Wildman–Crippen LogP) is 4.00. The second-order valence-electron chi connectivity index (χ2n) is 3.45. The van der Waals surface area contributed by atoms with Crippen molar-refractivity contribution in [3.8, 4) is 0 Å². The molecule has 0 saturated heterocycles. The second kappa shape index (κ2) is 7.63. The summed E-state index contributed by atoms with van der Waals surface area (Å²) >= 11 is 6.94. The summed E-state index contributed by atoms with van der Waals surface area (Å²) in [5.74, 6) is 2.89. The first-order chi connectivity index (χ1) is 7.30. The van der Waals surface area contributed by atoms with Crippen molar-refractivity contribution in [2.45, 2.75) is 37.4 Å². The third-order valence-electron chi connectivity index (χ3n) is 2.12. The van der Waals surface area contributed by atoms with Crippen LogP contribution in [-0.4, -0.2) is 20.4 Å². The van der Waals surface area contributed by atoms with Crippen LogP contribution in [0, 0.1) is 5.92 Å². The summed E-state index contributed by atoms with van der Waals surface area (Å²) in [6, 6.07) is 0. The van der Waals surface area contributed by atoms with Crippen molar-refractivity contribution < 1.29 is 0 Å². The van der Waals surface area contributed by atoms with Gasteiger partial charge in [0.2, 0.25) is 0 Å². The van der Waals surface area contributed by atoms with Gasteiger partial charge >= 0.3 is 0 Å². The first-order valence-corrected chi connectivity index (χ1v) is 8.19. The molecular weight excluding hydrogens is 292 g/mol. The van der Waals surface area contributed by atoms with Crippen molar-refractivity contribution >= 4 is 39.2 Å². The number of hydrogen-bond acceptors (Lipinski definition) is 4. The molecule has 0 aliphatic rings. The zero-order chi connectivity index (χ0) is 11.1. The second-order valence-corrected chi connectivity index (χ2v) is 6.12. The Morgan fingerprint density at radius 3 is 2.80 bits per heavy atom. The van der Waals surface area contributed by atoms with Gasteiger partial charge in [0.05, 0.1) is 0 Å². The van der Waals surface area contributed by atoms with Gasteiger partial charge in [0.1, 0.15) is 5.82 Å². The molecular formula is C10H17BrN2S2. The van der Waals surface area contributed by atoms with E-state index in [9.17, 15) is 0 Å². The van der Waals surface area contributed by atoms with E-state index in [4.69, 9.17) is 0 Å². The van der Waals surface area contributed by atoms with E-state index in [1.54, 1.807) is 0 Å². The molecule has 86 valence electrons. The predicted molar refractivity (Wildman–Crippen MR) is 72.2 cm³/mol. The van der Waals surface area contributed by atoms with Crippen LogP contribution in [0.1, 0.15) is 32.5 Å². The Bertz CT molecular complexity index is 278. The molecule has 0 aromatic carbocycles. The van der Waals surface area contributed by atoms with Gasteiger partial charge in [-0.1, -0.05) is 48.0 Å². The fourth-order valence-electron chi connectivity index (χ4n) is 1.24. The minimum absolute atomic E-state index is 0.758. The summed E-state index contributed by atoms with van der Waals surface area (Å²) in [6.07, 6.45) is 3.48. The molecule has 15 heavy (non-hydrogen) atoms. The molecule has 0 bridgehead atoms. The molecule has 1 aromatic heterocycles. The number of rotatable bonds is 7. The van der Waals surface area contributed by atoms with E-state index in [0.29, 0.717) is 0 Å². The molecule has 0 spiro atoms. The molecule has 0 amide bonds. The van der Waals surface area contributed by atoms with Crippen LogP contribution >= 0.6 is 39.2 Å². The first kappa shape index (κ1) is 13.5. The van der Waals surface area contributed by atoms with E-state index in [2.05, 4.69) is 39.1 Å². The Balaban J connectivity index is 2.34. The molecule has 1 aromatic rings. The van der Waals surface area contributed by atoms with Gasteiger partial charge in [-0.15, -0.1) is 0 Å². The summed E-state index contributed by atoms with van der Waals surface area (Å²) in [6.45, 7) is 4.33. The molecule has 0 fully saturated rings. The van der Waals surface area contributed by atoms with Gasteiger partial charge in [-0.25, -0.2) is 4.98 Å². The highest BCUT2D eigenvalue weighted by Crippen LogP contribution is 2.25. The van der Waals surface area contributed by atoms with E-state index in [1.165, 1.54) is 24.4 Å². The quantitative estimate of drug-likeness (QED) is 0.562. The van der Waals surface area contributed by atoms with Crippen LogP contribution in [0.5, 0.6) is 0 Å². The lowest BCUT2D eigenvalue weighted by Gasteiger charge is -2.10. The zero-order valence-electron chi connectivity index (χ0n) is 9.20. The first-order valence-electron chi connectivity index (χ1n) is 5.31. The largest absolute Gasteiger partial charge is 0.213 e. The van der Waals surface area contributed by atoms with Crippen LogP contribution in [0.2, 0.25) is 0 Å². The monoisotopic (exact) mass is 308 g/mol. The minimum Gasteiger partial charge on any atom is -0.213 e. The Kier molecular flexibility index (Phi) is 6.84. The lowest BCUT2D eigenvalue weighted by atomic mass is 10.1. The highest BCUT2D eigenvalue weighted by molar-refractivity contribution is 9.09. The molecule has 0 saturated carbocycles. The van der Waals surface area contributed by atoms with Gasteiger partial charge in [-0.05, 0) is 23.9 Å². The molecule has 0 aliphatic heterocycles. The van der Waals surface area contributed by atoms with Gasteiger partial charge in [0.25, 0.3) is 0 Å².